The zero-order chi connectivity index (χ0) is 12.3. The normalized spacial score (nSPS) is 10.0. The predicted molar refractivity (Wildman–Crippen MR) is 68.5 cm³/mol. The van der Waals surface area contributed by atoms with Gasteiger partial charge in [-0.25, -0.2) is 4.39 Å². The average Bonchev–Trinajstić information content (AvgIpc) is 2.33. The van der Waals surface area contributed by atoms with Crippen LogP contribution in [-0.4, -0.2) is 5.91 Å². The van der Waals surface area contributed by atoms with Gasteiger partial charge in [-0.1, -0.05) is 15.9 Å². The first kappa shape index (κ1) is 11.8. The summed E-state index contributed by atoms with van der Waals surface area (Å²) in [4.78, 5) is 11.8. The minimum atomic E-state index is -0.327. The van der Waals surface area contributed by atoms with Gasteiger partial charge in [-0.3, -0.25) is 4.79 Å². The molecule has 1 amide bonds. The molecule has 0 unspecified atom stereocenters. The Balaban J connectivity index is 2.11. The van der Waals surface area contributed by atoms with Gasteiger partial charge in [-0.05, 0) is 48.5 Å². The molecule has 0 heterocycles. The molecule has 0 aliphatic carbocycles. The third kappa shape index (κ3) is 3.14. The highest BCUT2D eigenvalue weighted by Gasteiger charge is 2.05. The molecule has 2 nitrogen and oxygen atoms in total. The second kappa shape index (κ2) is 5.10. The number of hydrogen-bond acceptors (Lipinski definition) is 1. The largest absolute Gasteiger partial charge is 0.322 e. The topological polar surface area (TPSA) is 29.1 Å². The quantitative estimate of drug-likeness (QED) is 0.895. The van der Waals surface area contributed by atoms with Gasteiger partial charge in [0.25, 0.3) is 5.91 Å². The lowest BCUT2D eigenvalue weighted by molar-refractivity contribution is 0.102. The molecule has 0 aromatic heterocycles. The third-order valence-corrected chi connectivity index (χ3v) is 2.74. The smallest absolute Gasteiger partial charge is 0.255 e. The number of amides is 1. The highest BCUT2D eigenvalue weighted by molar-refractivity contribution is 9.10. The lowest BCUT2D eigenvalue weighted by atomic mass is 10.2. The van der Waals surface area contributed by atoms with E-state index in [-0.39, 0.29) is 11.7 Å². The van der Waals surface area contributed by atoms with Gasteiger partial charge in [0.1, 0.15) is 5.82 Å². The van der Waals surface area contributed by atoms with Crippen LogP contribution in [0.4, 0.5) is 10.1 Å². The number of nitrogens with one attached hydrogen (secondary N) is 1. The van der Waals surface area contributed by atoms with Gasteiger partial charge < -0.3 is 5.32 Å². The summed E-state index contributed by atoms with van der Waals surface area (Å²) in [6, 6.07) is 12.7. The van der Waals surface area contributed by atoms with Crippen molar-refractivity contribution >= 4 is 27.5 Å². The third-order valence-electron chi connectivity index (χ3n) is 2.21. The Morgan fingerprint density at radius 3 is 2.18 bits per heavy atom. The van der Waals surface area contributed by atoms with Crippen LogP contribution in [0.5, 0.6) is 0 Å². The van der Waals surface area contributed by atoms with E-state index in [0.717, 1.165) is 4.47 Å². The van der Waals surface area contributed by atoms with E-state index in [1.54, 1.807) is 24.3 Å². The van der Waals surface area contributed by atoms with Gasteiger partial charge >= 0.3 is 0 Å². The molecule has 0 radical (unpaired) electrons. The molecule has 0 bridgehead atoms. The zero-order valence-corrected chi connectivity index (χ0v) is 10.4. The highest BCUT2D eigenvalue weighted by atomic mass is 79.9. The Bertz CT molecular complexity index is 522. The van der Waals surface area contributed by atoms with Crippen LogP contribution in [0.1, 0.15) is 10.4 Å². The van der Waals surface area contributed by atoms with Crippen LogP contribution in [0.15, 0.2) is 53.0 Å². The highest BCUT2D eigenvalue weighted by Crippen LogP contribution is 2.13. The molecule has 0 aliphatic heterocycles. The van der Waals surface area contributed by atoms with E-state index in [9.17, 15) is 9.18 Å². The van der Waals surface area contributed by atoms with Gasteiger partial charge in [0.05, 0.1) is 0 Å². The minimum Gasteiger partial charge on any atom is -0.322 e. The van der Waals surface area contributed by atoms with Crippen molar-refractivity contribution in [1.82, 2.24) is 0 Å². The Labute approximate surface area is 107 Å². The molecule has 0 saturated carbocycles. The van der Waals surface area contributed by atoms with Crippen LogP contribution in [-0.2, 0) is 0 Å². The number of halogens is 2. The second-order valence-electron chi connectivity index (χ2n) is 3.47. The standard InChI is InChI=1S/C13H9BrFNO/c14-10-3-1-9(2-4-10)13(17)16-12-7-5-11(15)6-8-12/h1-8H,(H,16,17). The first-order chi connectivity index (χ1) is 8.15. The molecule has 0 spiro atoms. The van der Waals surface area contributed by atoms with E-state index < -0.39 is 0 Å². The van der Waals surface area contributed by atoms with Gasteiger partial charge in [-0.2, -0.15) is 0 Å². The summed E-state index contributed by atoms with van der Waals surface area (Å²) in [5, 5.41) is 2.68. The maximum absolute atomic E-state index is 12.7. The summed E-state index contributed by atoms with van der Waals surface area (Å²) in [5.41, 5.74) is 1.12. The fraction of sp³-hybridized carbons (Fsp3) is 0. The first-order valence-electron chi connectivity index (χ1n) is 4.97. The van der Waals surface area contributed by atoms with E-state index in [1.165, 1.54) is 24.3 Å². The second-order valence-corrected chi connectivity index (χ2v) is 4.38. The summed E-state index contributed by atoms with van der Waals surface area (Å²) >= 11 is 3.30. The molecular weight excluding hydrogens is 285 g/mol. The molecular formula is C13H9BrFNO. The zero-order valence-electron chi connectivity index (χ0n) is 8.78. The Morgan fingerprint density at radius 1 is 1.00 bits per heavy atom. The van der Waals surface area contributed by atoms with Crippen LogP contribution in [0, 0.1) is 5.82 Å². The predicted octanol–water partition coefficient (Wildman–Crippen LogP) is 3.84. The SMILES string of the molecule is O=C(Nc1ccc(F)cc1)c1ccc(Br)cc1. The van der Waals surface area contributed by atoms with Gasteiger partial charge in [-0.15, -0.1) is 0 Å². The Morgan fingerprint density at radius 2 is 1.59 bits per heavy atom. The van der Waals surface area contributed by atoms with E-state index in [2.05, 4.69) is 21.2 Å². The van der Waals surface area contributed by atoms with Crippen LogP contribution in [0.3, 0.4) is 0 Å². The van der Waals surface area contributed by atoms with Crippen molar-refractivity contribution in [2.45, 2.75) is 0 Å². The molecule has 4 heteroatoms. The molecule has 86 valence electrons. The van der Waals surface area contributed by atoms with E-state index >= 15 is 0 Å². The van der Waals surface area contributed by atoms with Crippen LogP contribution < -0.4 is 5.32 Å². The minimum absolute atomic E-state index is 0.218. The molecule has 1 N–H and O–H groups in total. The number of carbonyl (C=O) groups excluding carboxylic acids is 1. The first-order valence-corrected chi connectivity index (χ1v) is 5.77. The van der Waals surface area contributed by atoms with Crippen molar-refractivity contribution in [1.29, 1.82) is 0 Å². The van der Waals surface area contributed by atoms with Crippen molar-refractivity contribution in [3.63, 3.8) is 0 Å². The summed E-state index contributed by atoms with van der Waals surface area (Å²) in [6.07, 6.45) is 0. The van der Waals surface area contributed by atoms with Gasteiger partial charge in [0, 0.05) is 15.7 Å². The molecule has 0 atom stereocenters. The summed E-state index contributed by atoms with van der Waals surface area (Å²) in [6.45, 7) is 0. The number of anilines is 1. The van der Waals surface area contributed by atoms with E-state index in [1.807, 2.05) is 0 Å². The maximum atomic E-state index is 12.7. The lowest BCUT2D eigenvalue weighted by Crippen LogP contribution is -2.11. The fourth-order valence-corrected chi connectivity index (χ4v) is 1.60. The average molecular weight is 294 g/mol. The number of rotatable bonds is 2. The van der Waals surface area contributed by atoms with Crippen molar-refractivity contribution < 1.29 is 9.18 Å². The van der Waals surface area contributed by atoms with Crippen LogP contribution in [0.2, 0.25) is 0 Å². The molecule has 2 aromatic carbocycles. The van der Waals surface area contributed by atoms with Crippen molar-refractivity contribution in [2.75, 3.05) is 5.32 Å². The number of hydrogen-bond donors (Lipinski definition) is 1. The Hall–Kier alpha value is -1.68. The number of benzene rings is 2. The molecule has 2 aromatic rings. The fourth-order valence-electron chi connectivity index (χ4n) is 1.34. The lowest BCUT2D eigenvalue weighted by Gasteiger charge is -2.05. The van der Waals surface area contributed by atoms with Crippen LogP contribution in [0.25, 0.3) is 0 Å². The van der Waals surface area contributed by atoms with E-state index in [4.69, 9.17) is 0 Å². The Kier molecular flexibility index (Phi) is 3.54. The molecule has 2 rings (SSSR count). The summed E-state index contributed by atoms with van der Waals surface area (Å²) < 4.78 is 13.6. The van der Waals surface area contributed by atoms with Crippen LogP contribution >= 0.6 is 15.9 Å². The van der Waals surface area contributed by atoms with E-state index in [0.29, 0.717) is 11.3 Å². The molecule has 0 fully saturated rings. The van der Waals surface area contributed by atoms with Crippen molar-refractivity contribution in [3.05, 3.63) is 64.4 Å². The molecule has 0 saturated heterocycles. The van der Waals surface area contributed by atoms with Gasteiger partial charge in [0.2, 0.25) is 0 Å². The molecule has 17 heavy (non-hydrogen) atoms. The molecule has 0 aliphatic rings. The van der Waals surface area contributed by atoms with Crippen molar-refractivity contribution in [2.24, 2.45) is 0 Å². The summed E-state index contributed by atoms with van der Waals surface area (Å²) in [5.74, 6) is -0.546. The summed E-state index contributed by atoms with van der Waals surface area (Å²) in [7, 11) is 0. The maximum Gasteiger partial charge on any atom is 0.255 e. The van der Waals surface area contributed by atoms with Gasteiger partial charge in [0.15, 0.2) is 0 Å². The number of carbonyl (C=O) groups is 1. The monoisotopic (exact) mass is 293 g/mol. The van der Waals surface area contributed by atoms with Crippen molar-refractivity contribution in [3.8, 4) is 0 Å².